The molecule has 1 aliphatic rings. The number of hydrogen-bond donors (Lipinski definition) is 0. The molecule has 1 aromatic heterocycles. The van der Waals surface area contributed by atoms with Crippen molar-refractivity contribution in [1.29, 1.82) is 0 Å². The molecule has 1 saturated heterocycles. The van der Waals surface area contributed by atoms with Gasteiger partial charge >= 0.3 is 0 Å². The lowest BCUT2D eigenvalue weighted by atomic mass is 9.98. The molecule has 0 bridgehead atoms. The smallest absolute Gasteiger partial charge is 0.277 e. The van der Waals surface area contributed by atoms with Crippen molar-refractivity contribution < 1.29 is 9.21 Å². The van der Waals surface area contributed by atoms with E-state index in [1.165, 1.54) is 23.7 Å². The Kier molecular flexibility index (Phi) is 5.91. The minimum Gasteiger partial charge on any atom is -0.416 e. The van der Waals surface area contributed by atoms with Gasteiger partial charge in [-0.3, -0.25) is 4.79 Å². The predicted octanol–water partition coefficient (Wildman–Crippen LogP) is 3.52. The van der Waals surface area contributed by atoms with Gasteiger partial charge in [0.1, 0.15) is 0 Å². The molecule has 24 heavy (non-hydrogen) atoms. The van der Waals surface area contributed by atoms with Crippen molar-refractivity contribution in [2.24, 2.45) is 0 Å². The van der Waals surface area contributed by atoms with Gasteiger partial charge in [-0.1, -0.05) is 49.0 Å². The van der Waals surface area contributed by atoms with Crippen LogP contribution in [0.3, 0.4) is 0 Å². The van der Waals surface area contributed by atoms with Crippen LogP contribution in [0.4, 0.5) is 0 Å². The fraction of sp³-hybridized carbons (Fsp3) is 0.500. The second-order valence-electron chi connectivity index (χ2n) is 6.21. The van der Waals surface area contributed by atoms with Crippen LogP contribution in [0, 0.1) is 0 Å². The topological polar surface area (TPSA) is 59.2 Å². The van der Waals surface area contributed by atoms with Gasteiger partial charge in [0.15, 0.2) is 0 Å². The van der Waals surface area contributed by atoms with Crippen LogP contribution in [0.25, 0.3) is 0 Å². The summed E-state index contributed by atoms with van der Waals surface area (Å²) in [5.41, 5.74) is 1.25. The van der Waals surface area contributed by atoms with Crippen LogP contribution >= 0.6 is 11.8 Å². The van der Waals surface area contributed by atoms with Crippen LogP contribution in [-0.2, 0) is 11.2 Å². The molecule has 1 unspecified atom stereocenters. The highest BCUT2D eigenvalue weighted by Crippen LogP contribution is 2.23. The summed E-state index contributed by atoms with van der Waals surface area (Å²) < 4.78 is 5.68. The molecular weight excluding hydrogens is 322 g/mol. The molecule has 0 saturated carbocycles. The molecular formula is C18H23N3O2S. The van der Waals surface area contributed by atoms with Crippen molar-refractivity contribution in [3.8, 4) is 0 Å². The van der Waals surface area contributed by atoms with Gasteiger partial charge in [0, 0.05) is 19.5 Å². The van der Waals surface area contributed by atoms with Gasteiger partial charge in [0.25, 0.3) is 5.22 Å². The average molecular weight is 345 g/mol. The van der Waals surface area contributed by atoms with Crippen LogP contribution in [-0.4, -0.2) is 39.8 Å². The first-order valence-electron chi connectivity index (χ1n) is 8.50. The third-order valence-corrected chi connectivity index (χ3v) is 5.13. The fourth-order valence-corrected chi connectivity index (χ4v) is 3.58. The molecule has 1 atom stereocenters. The molecule has 0 spiro atoms. The zero-order valence-electron chi connectivity index (χ0n) is 14.0. The first-order valence-corrected chi connectivity index (χ1v) is 9.49. The molecule has 3 rings (SSSR count). The van der Waals surface area contributed by atoms with Crippen LogP contribution in [0.1, 0.15) is 43.6 Å². The van der Waals surface area contributed by atoms with Crippen molar-refractivity contribution >= 4 is 17.7 Å². The maximum absolute atomic E-state index is 12.2. The summed E-state index contributed by atoms with van der Waals surface area (Å²) in [5, 5.41) is 8.65. The standard InChI is InChI=1S/C18H23N3O2S/c1-14(15-8-4-2-5-9-15)12-16-19-20-18(23-16)24-13-17(22)21-10-6-3-7-11-21/h2,4-5,8-9,14H,3,6-7,10-13H2,1H3. The molecule has 2 aromatic rings. The number of aromatic nitrogens is 2. The largest absolute Gasteiger partial charge is 0.416 e. The number of rotatable bonds is 6. The Hall–Kier alpha value is -1.82. The number of benzene rings is 1. The Labute approximate surface area is 146 Å². The average Bonchev–Trinajstić information content (AvgIpc) is 3.08. The van der Waals surface area contributed by atoms with Gasteiger partial charge in [-0.2, -0.15) is 0 Å². The number of carbonyl (C=O) groups excluding carboxylic acids is 1. The van der Waals surface area contributed by atoms with E-state index in [0.717, 1.165) is 25.9 Å². The number of thioether (sulfide) groups is 1. The lowest BCUT2D eigenvalue weighted by Crippen LogP contribution is -2.36. The second kappa shape index (κ2) is 8.33. The van der Waals surface area contributed by atoms with Gasteiger partial charge in [-0.15, -0.1) is 10.2 Å². The number of piperidine rings is 1. The molecule has 128 valence electrons. The zero-order chi connectivity index (χ0) is 16.8. The summed E-state index contributed by atoms with van der Waals surface area (Å²) in [6.45, 7) is 3.90. The van der Waals surface area contributed by atoms with Crippen molar-refractivity contribution in [3.63, 3.8) is 0 Å². The molecule has 6 heteroatoms. The van der Waals surface area contributed by atoms with E-state index in [9.17, 15) is 4.79 Å². The van der Waals surface area contributed by atoms with Gasteiger partial charge in [-0.25, -0.2) is 0 Å². The highest BCUT2D eigenvalue weighted by molar-refractivity contribution is 7.99. The zero-order valence-corrected chi connectivity index (χ0v) is 14.8. The van der Waals surface area contributed by atoms with E-state index < -0.39 is 0 Å². The van der Waals surface area contributed by atoms with Crippen LogP contribution in [0.15, 0.2) is 40.0 Å². The molecule has 0 radical (unpaired) electrons. The van der Waals surface area contributed by atoms with Crippen LogP contribution < -0.4 is 0 Å². The second-order valence-corrected chi connectivity index (χ2v) is 7.13. The van der Waals surface area contributed by atoms with Crippen molar-refractivity contribution in [3.05, 3.63) is 41.8 Å². The molecule has 0 aliphatic carbocycles. The van der Waals surface area contributed by atoms with Crippen molar-refractivity contribution in [2.45, 2.75) is 43.7 Å². The molecule has 1 amide bonds. The molecule has 0 N–H and O–H groups in total. The molecule has 2 heterocycles. The highest BCUT2D eigenvalue weighted by Gasteiger charge is 2.18. The highest BCUT2D eigenvalue weighted by atomic mass is 32.2. The van der Waals surface area contributed by atoms with E-state index in [1.54, 1.807) is 0 Å². The quantitative estimate of drug-likeness (QED) is 0.750. The molecule has 5 nitrogen and oxygen atoms in total. The summed E-state index contributed by atoms with van der Waals surface area (Å²) in [5.74, 6) is 1.48. The Morgan fingerprint density at radius 3 is 2.71 bits per heavy atom. The van der Waals surface area contributed by atoms with E-state index in [2.05, 4.69) is 29.3 Å². The first kappa shape index (κ1) is 17.0. The number of hydrogen-bond acceptors (Lipinski definition) is 5. The van der Waals surface area contributed by atoms with Crippen molar-refractivity contribution in [1.82, 2.24) is 15.1 Å². The molecule has 1 fully saturated rings. The normalized spacial score (nSPS) is 16.1. The lowest BCUT2D eigenvalue weighted by Gasteiger charge is -2.26. The third-order valence-electron chi connectivity index (χ3n) is 4.33. The number of nitrogens with zero attached hydrogens (tertiary/aromatic N) is 3. The minimum atomic E-state index is 0.164. The monoisotopic (exact) mass is 345 g/mol. The first-order chi connectivity index (χ1) is 11.7. The Morgan fingerprint density at radius 1 is 1.21 bits per heavy atom. The van der Waals surface area contributed by atoms with Gasteiger partial charge < -0.3 is 9.32 Å². The summed E-state index contributed by atoms with van der Waals surface area (Å²) in [6.07, 6.45) is 4.15. The Balaban J connectivity index is 1.49. The van der Waals surface area contributed by atoms with Crippen molar-refractivity contribution in [2.75, 3.05) is 18.8 Å². The summed E-state index contributed by atoms with van der Waals surface area (Å²) >= 11 is 1.33. The van der Waals surface area contributed by atoms with Crippen LogP contribution in [0.5, 0.6) is 0 Å². The van der Waals surface area contributed by atoms with E-state index in [-0.39, 0.29) is 5.91 Å². The van der Waals surface area contributed by atoms with E-state index in [0.29, 0.717) is 29.2 Å². The summed E-state index contributed by atoms with van der Waals surface area (Å²) in [7, 11) is 0. The third kappa shape index (κ3) is 4.60. The SMILES string of the molecule is CC(Cc1nnc(SCC(=O)N2CCCCC2)o1)c1ccccc1. The van der Waals surface area contributed by atoms with E-state index >= 15 is 0 Å². The Bertz CT molecular complexity index is 653. The maximum Gasteiger partial charge on any atom is 0.277 e. The van der Waals surface area contributed by atoms with Gasteiger partial charge in [-0.05, 0) is 30.7 Å². The van der Waals surface area contributed by atoms with E-state index in [4.69, 9.17) is 4.42 Å². The number of amides is 1. The Morgan fingerprint density at radius 2 is 1.96 bits per heavy atom. The summed E-state index contributed by atoms with van der Waals surface area (Å²) in [6, 6.07) is 10.3. The number of likely N-dealkylation sites (tertiary alicyclic amines) is 1. The fourth-order valence-electron chi connectivity index (χ4n) is 2.90. The van der Waals surface area contributed by atoms with Gasteiger partial charge in [0.2, 0.25) is 11.8 Å². The van der Waals surface area contributed by atoms with E-state index in [1.807, 2.05) is 23.1 Å². The minimum absolute atomic E-state index is 0.164. The predicted molar refractivity (Wildman–Crippen MR) is 94.0 cm³/mol. The lowest BCUT2D eigenvalue weighted by molar-refractivity contribution is -0.129. The molecule has 1 aliphatic heterocycles. The number of carbonyl (C=O) groups is 1. The maximum atomic E-state index is 12.2. The molecule has 1 aromatic carbocycles. The van der Waals surface area contributed by atoms with Gasteiger partial charge in [0.05, 0.1) is 5.75 Å². The summed E-state index contributed by atoms with van der Waals surface area (Å²) in [4.78, 5) is 14.1. The van der Waals surface area contributed by atoms with Crippen LogP contribution in [0.2, 0.25) is 0 Å².